The van der Waals surface area contributed by atoms with E-state index in [0.717, 1.165) is 0 Å². The fourth-order valence-electron chi connectivity index (χ4n) is 2.61. The summed E-state index contributed by atoms with van der Waals surface area (Å²) in [6.45, 7) is 2.82. The zero-order chi connectivity index (χ0) is 21.8. The molecule has 30 heavy (non-hydrogen) atoms. The van der Waals surface area contributed by atoms with Crippen LogP contribution in [-0.2, 0) is 20.9 Å². The smallest absolute Gasteiger partial charge is 0.344 e. The van der Waals surface area contributed by atoms with Crippen LogP contribution in [0.1, 0.15) is 28.9 Å². The van der Waals surface area contributed by atoms with E-state index in [9.17, 15) is 9.59 Å². The van der Waals surface area contributed by atoms with Crippen LogP contribution in [-0.4, -0.2) is 35.1 Å². The molecule has 0 aliphatic carbocycles. The standard InChI is InChI=1S/C19H17Cl2N3O6/c1-3-27-19(26)15-9(2)30-18-16(15)17(22)23-13(24-18)7-29-14(25)8-28-12-5-4-10(20)6-11(12)21/h4-6H,3,7-8H2,1-2H3,(H2,22,23,24). The van der Waals surface area contributed by atoms with Crippen molar-refractivity contribution in [2.45, 2.75) is 20.5 Å². The lowest BCUT2D eigenvalue weighted by atomic mass is 10.2. The molecule has 0 aliphatic heterocycles. The number of nitrogens with zero attached hydrogens (tertiary/aromatic N) is 2. The van der Waals surface area contributed by atoms with Gasteiger partial charge in [0, 0.05) is 5.02 Å². The van der Waals surface area contributed by atoms with E-state index in [0.29, 0.717) is 10.8 Å². The summed E-state index contributed by atoms with van der Waals surface area (Å²) in [5.41, 5.74) is 6.23. The van der Waals surface area contributed by atoms with Gasteiger partial charge in [0.15, 0.2) is 19.0 Å². The molecule has 3 rings (SSSR count). The Morgan fingerprint density at radius 2 is 1.97 bits per heavy atom. The first-order valence-corrected chi connectivity index (χ1v) is 9.51. The van der Waals surface area contributed by atoms with Gasteiger partial charge < -0.3 is 24.4 Å². The molecule has 0 aliphatic rings. The van der Waals surface area contributed by atoms with Crippen molar-refractivity contribution in [1.82, 2.24) is 9.97 Å². The SMILES string of the molecule is CCOC(=O)c1c(C)oc2nc(COC(=O)COc3ccc(Cl)cc3Cl)nc(N)c12. The van der Waals surface area contributed by atoms with Crippen LogP contribution in [0.25, 0.3) is 11.1 Å². The Hall–Kier alpha value is -3.04. The summed E-state index contributed by atoms with van der Waals surface area (Å²) in [5, 5.41) is 0.962. The molecule has 0 saturated carbocycles. The summed E-state index contributed by atoms with van der Waals surface area (Å²) in [5.74, 6) is -0.561. The molecule has 2 N–H and O–H groups in total. The van der Waals surface area contributed by atoms with Gasteiger partial charge in [0.1, 0.15) is 22.9 Å². The summed E-state index contributed by atoms with van der Waals surface area (Å²) in [6, 6.07) is 4.61. The predicted octanol–water partition coefficient (Wildman–Crippen LogP) is 3.72. The molecule has 9 nitrogen and oxygen atoms in total. The van der Waals surface area contributed by atoms with E-state index in [1.807, 2.05) is 0 Å². The second-order valence-electron chi connectivity index (χ2n) is 5.98. The maximum Gasteiger partial charge on any atom is 0.344 e. The molecule has 0 atom stereocenters. The van der Waals surface area contributed by atoms with Crippen LogP contribution >= 0.6 is 23.2 Å². The lowest BCUT2D eigenvalue weighted by Gasteiger charge is -2.08. The number of rotatable bonds is 7. The van der Waals surface area contributed by atoms with E-state index in [4.69, 9.17) is 47.6 Å². The highest BCUT2D eigenvalue weighted by atomic mass is 35.5. The van der Waals surface area contributed by atoms with Gasteiger partial charge in [0.05, 0.1) is 17.0 Å². The number of nitrogen functional groups attached to an aromatic ring is 1. The molecular formula is C19H17Cl2N3O6. The number of furan rings is 1. The Bertz CT molecular complexity index is 1120. The number of esters is 2. The molecule has 0 unspecified atom stereocenters. The van der Waals surface area contributed by atoms with E-state index in [1.165, 1.54) is 12.1 Å². The third-order valence-corrected chi connectivity index (χ3v) is 4.41. The number of halogens is 2. The van der Waals surface area contributed by atoms with Gasteiger partial charge in [-0.25, -0.2) is 14.6 Å². The summed E-state index contributed by atoms with van der Waals surface area (Å²) in [7, 11) is 0. The number of aromatic nitrogens is 2. The molecule has 11 heteroatoms. The molecule has 2 heterocycles. The molecule has 0 radical (unpaired) electrons. The number of benzene rings is 1. The Morgan fingerprint density at radius 3 is 2.67 bits per heavy atom. The number of hydrogen-bond acceptors (Lipinski definition) is 9. The highest BCUT2D eigenvalue weighted by Gasteiger charge is 2.24. The average molecular weight is 454 g/mol. The second-order valence-corrected chi connectivity index (χ2v) is 6.83. The molecule has 158 valence electrons. The summed E-state index contributed by atoms with van der Waals surface area (Å²) in [6.07, 6.45) is 0. The molecule has 0 saturated heterocycles. The maximum atomic E-state index is 12.1. The van der Waals surface area contributed by atoms with E-state index < -0.39 is 11.9 Å². The van der Waals surface area contributed by atoms with E-state index >= 15 is 0 Å². The lowest BCUT2D eigenvalue weighted by molar-refractivity contribution is -0.147. The zero-order valence-electron chi connectivity index (χ0n) is 16.0. The number of anilines is 1. The second kappa shape index (κ2) is 9.19. The fraction of sp³-hybridized carbons (Fsp3) is 0.263. The lowest BCUT2D eigenvalue weighted by Crippen LogP contribution is -2.16. The Kier molecular flexibility index (Phi) is 6.63. The first kappa shape index (κ1) is 21.7. The van der Waals surface area contributed by atoms with Crippen molar-refractivity contribution in [1.29, 1.82) is 0 Å². The van der Waals surface area contributed by atoms with Crippen molar-refractivity contribution in [3.8, 4) is 5.75 Å². The van der Waals surface area contributed by atoms with Crippen molar-refractivity contribution >= 4 is 52.1 Å². The molecule has 0 amide bonds. The number of carbonyl (C=O) groups is 2. The highest BCUT2D eigenvalue weighted by molar-refractivity contribution is 6.35. The first-order chi connectivity index (χ1) is 14.3. The van der Waals surface area contributed by atoms with Crippen LogP contribution in [0.2, 0.25) is 10.0 Å². The number of hydrogen-bond donors (Lipinski definition) is 1. The van der Waals surface area contributed by atoms with Gasteiger partial charge in [-0.15, -0.1) is 0 Å². The summed E-state index contributed by atoms with van der Waals surface area (Å²) < 4.78 is 20.9. The van der Waals surface area contributed by atoms with Crippen LogP contribution in [0, 0.1) is 6.92 Å². The van der Waals surface area contributed by atoms with Crippen LogP contribution in [0.3, 0.4) is 0 Å². The van der Waals surface area contributed by atoms with E-state index in [1.54, 1.807) is 19.9 Å². The van der Waals surface area contributed by atoms with Crippen LogP contribution in [0.5, 0.6) is 5.75 Å². The molecule has 0 spiro atoms. The van der Waals surface area contributed by atoms with Gasteiger partial charge in [-0.3, -0.25) is 0 Å². The molecule has 2 aromatic heterocycles. The topological polar surface area (TPSA) is 127 Å². The molecule has 1 aromatic carbocycles. The predicted molar refractivity (Wildman–Crippen MR) is 109 cm³/mol. The van der Waals surface area contributed by atoms with Crippen molar-refractivity contribution in [3.05, 3.63) is 45.4 Å². The van der Waals surface area contributed by atoms with Gasteiger partial charge in [-0.05, 0) is 32.0 Å². The maximum absolute atomic E-state index is 12.1. The van der Waals surface area contributed by atoms with Crippen molar-refractivity contribution in [3.63, 3.8) is 0 Å². The fourth-order valence-corrected chi connectivity index (χ4v) is 3.08. The first-order valence-electron chi connectivity index (χ1n) is 8.76. The largest absolute Gasteiger partial charge is 0.480 e. The number of aryl methyl sites for hydroxylation is 1. The summed E-state index contributed by atoms with van der Waals surface area (Å²) >= 11 is 11.8. The van der Waals surface area contributed by atoms with Gasteiger partial charge in [-0.1, -0.05) is 23.2 Å². The summed E-state index contributed by atoms with van der Waals surface area (Å²) in [4.78, 5) is 32.3. The minimum Gasteiger partial charge on any atom is -0.480 e. The Labute approximate surface area is 181 Å². The number of carbonyl (C=O) groups excluding carboxylic acids is 2. The third kappa shape index (κ3) is 4.74. The van der Waals surface area contributed by atoms with Crippen LogP contribution in [0.15, 0.2) is 22.6 Å². The van der Waals surface area contributed by atoms with Gasteiger partial charge in [0.25, 0.3) is 0 Å². The molecule has 3 aromatic rings. The van der Waals surface area contributed by atoms with Crippen LogP contribution in [0.4, 0.5) is 5.82 Å². The van der Waals surface area contributed by atoms with E-state index in [-0.39, 0.29) is 58.9 Å². The van der Waals surface area contributed by atoms with Crippen molar-refractivity contribution in [2.75, 3.05) is 18.9 Å². The highest BCUT2D eigenvalue weighted by Crippen LogP contribution is 2.29. The monoisotopic (exact) mass is 453 g/mol. The quantitative estimate of drug-likeness (QED) is 0.532. The molecule has 0 bridgehead atoms. The normalized spacial score (nSPS) is 10.8. The van der Waals surface area contributed by atoms with Crippen molar-refractivity contribution in [2.24, 2.45) is 0 Å². The minimum absolute atomic E-state index is 0.00940. The number of nitrogens with two attached hydrogens (primary N) is 1. The minimum atomic E-state index is -0.675. The van der Waals surface area contributed by atoms with Gasteiger partial charge in [0.2, 0.25) is 5.71 Å². The zero-order valence-corrected chi connectivity index (χ0v) is 17.5. The Balaban J connectivity index is 1.67. The Morgan fingerprint density at radius 1 is 1.20 bits per heavy atom. The third-order valence-electron chi connectivity index (χ3n) is 3.88. The van der Waals surface area contributed by atoms with Crippen LogP contribution < -0.4 is 10.5 Å². The van der Waals surface area contributed by atoms with E-state index in [2.05, 4.69) is 9.97 Å². The molecule has 0 fully saturated rings. The van der Waals surface area contributed by atoms with Crippen molar-refractivity contribution < 1.29 is 28.2 Å². The average Bonchev–Trinajstić information content (AvgIpc) is 3.02. The molecular weight excluding hydrogens is 437 g/mol. The number of fused-ring (bicyclic) bond motifs is 1. The van der Waals surface area contributed by atoms with Gasteiger partial charge in [-0.2, -0.15) is 4.98 Å². The number of ether oxygens (including phenoxy) is 3. The van der Waals surface area contributed by atoms with Gasteiger partial charge >= 0.3 is 11.9 Å².